The summed E-state index contributed by atoms with van der Waals surface area (Å²) >= 11 is 1.20. The second-order valence-electron chi connectivity index (χ2n) is 8.41. The molecule has 3 N–H and O–H groups in total. The Morgan fingerprint density at radius 3 is 2.94 bits per heavy atom. The molecule has 1 aliphatic carbocycles. The zero-order valence-corrected chi connectivity index (χ0v) is 17.9. The van der Waals surface area contributed by atoms with Gasteiger partial charge in [0, 0.05) is 31.6 Å². The molecule has 4 aromatic rings. The predicted octanol–water partition coefficient (Wildman–Crippen LogP) is 2.61. The Balaban J connectivity index is 1.68. The first kappa shape index (κ1) is 19.4. The third-order valence-electron chi connectivity index (χ3n) is 6.81. The molecule has 1 saturated heterocycles. The smallest absolute Gasteiger partial charge is 0.449 e. The third-order valence-corrected chi connectivity index (χ3v) is 7.74. The summed E-state index contributed by atoms with van der Waals surface area (Å²) in [6.45, 7) is 1.29. The number of fused-ring (bicyclic) bond motifs is 1. The van der Waals surface area contributed by atoms with Gasteiger partial charge in [-0.15, -0.1) is 11.3 Å². The van der Waals surface area contributed by atoms with E-state index in [0.29, 0.717) is 51.3 Å². The van der Waals surface area contributed by atoms with E-state index < -0.39 is 17.4 Å². The van der Waals surface area contributed by atoms with E-state index in [1.807, 2.05) is 11.0 Å². The number of anilines is 1. The topological polar surface area (TPSA) is 110 Å². The number of ether oxygens (including phenoxy) is 1. The van der Waals surface area contributed by atoms with Gasteiger partial charge < -0.3 is 20.5 Å². The van der Waals surface area contributed by atoms with Crippen molar-refractivity contribution >= 4 is 49.8 Å². The number of pyridine rings is 1. The minimum absolute atomic E-state index is 0.0681. The van der Waals surface area contributed by atoms with Crippen LogP contribution in [0.4, 0.5) is 14.9 Å². The van der Waals surface area contributed by atoms with Crippen molar-refractivity contribution in [2.24, 2.45) is 22.6 Å². The fraction of sp³-hybridized carbons (Fsp3) is 0.318. The van der Waals surface area contributed by atoms with Gasteiger partial charge in [-0.3, -0.25) is 14.2 Å². The van der Waals surface area contributed by atoms with Crippen LogP contribution < -0.4 is 26.2 Å². The van der Waals surface area contributed by atoms with Gasteiger partial charge in [0.25, 0.3) is 0 Å². The lowest BCUT2D eigenvalue weighted by molar-refractivity contribution is 0.144. The van der Waals surface area contributed by atoms with Gasteiger partial charge in [-0.05, 0) is 24.3 Å². The molecule has 4 heterocycles. The summed E-state index contributed by atoms with van der Waals surface area (Å²) in [5.74, 6) is -0.293. The molecular weight excluding hydrogens is 435 g/mol. The highest BCUT2D eigenvalue weighted by atomic mass is 32.1. The molecule has 6 rings (SSSR count). The molecule has 1 aliphatic heterocycles. The van der Waals surface area contributed by atoms with Crippen LogP contribution in [0.3, 0.4) is 0 Å². The molecule has 1 fully saturated rings. The third kappa shape index (κ3) is 2.41. The van der Waals surface area contributed by atoms with Crippen LogP contribution in [0.15, 0.2) is 33.4 Å². The van der Waals surface area contributed by atoms with Crippen molar-refractivity contribution < 1.29 is 19.0 Å². The first-order valence-corrected chi connectivity index (χ1v) is 11.2. The van der Waals surface area contributed by atoms with E-state index in [2.05, 4.69) is 11.1 Å². The van der Waals surface area contributed by atoms with E-state index in [9.17, 15) is 9.59 Å². The van der Waals surface area contributed by atoms with E-state index in [0.717, 1.165) is 6.42 Å². The first-order chi connectivity index (χ1) is 15.4. The molecule has 0 saturated carbocycles. The molecular formula is C22H19FN4O4S. The molecule has 3 atom stereocenters. The van der Waals surface area contributed by atoms with Crippen LogP contribution >= 0.6 is 11.3 Å². The number of carbonyl (C=O) groups is 1. The molecule has 8 nitrogen and oxygen atoms in total. The van der Waals surface area contributed by atoms with Crippen LogP contribution in [0.5, 0.6) is 5.75 Å². The average Bonchev–Trinajstić information content (AvgIpc) is 3.44. The SMILES string of the molecule is CN=c1c2c(N3CC4CC=CC(N)C4C3)c(F)cc3c(=O)c(OC(=O)O)c4scc1n4c32. The van der Waals surface area contributed by atoms with Gasteiger partial charge in [0.1, 0.15) is 10.6 Å². The summed E-state index contributed by atoms with van der Waals surface area (Å²) in [5, 5.41) is 12.1. The quantitative estimate of drug-likeness (QED) is 0.356. The fourth-order valence-electron chi connectivity index (χ4n) is 5.50. The number of allylic oxidation sites excluding steroid dienone is 1. The zero-order valence-electron chi connectivity index (χ0n) is 17.0. The van der Waals surface area contributed by atoms with Gasteiger partial charge >= 0.3 is 6.16 Å². The van der Waals surface area contributed by atoms with Gasteiger partial charge in [0.2, 0.25) is 11.2 Å². The van der Waals surface area contributed by atoms with Crippen molar-refractivity contribution in [3.8, 4) is 5.75 Å². The number of thiazole rings is 1. The Morgan fingerprint density at radius 2 is 2.22 bits per heavy atom. The second kappa shape index (κ2) is 6.63. The van der Waals surface area contributed by atoms with Crippen molar-refractivity contribution in [3.63, 3.8) is 0 Å². The van der Waals surface area contributed by atoms with E-state index in [1.165, 1.54) is 17.4 Å². The van der Waals surface area contributed by atoms with Crippen molar-refractivity contribution in [1.82, 2.24) is 4.40 Å². The lowest BCUT2D eigenvalue weighted by Crippen LogP contribution is -2.35. The maximum Gasteiger partial charge on any atom is 0.511 e. The Kier molecular flexibility index (Phi) is 4.03. The average molecular weight is 454 g/mol. The first-order valence-electron chi connectivity index (χ1n) is 10.3. The summed E-state index contributed by atoms with van der Waals surface area (Å²) in [7, 11) is 1.63. The van der Waals surface area contributed by atoms with Gasteiger partial charge in [-0.2, -0.15) is 0 Å². The molecule has 0 radical (unpaired) electrons. The highest BCUT2D eigenvalue weighted by Crippen LogP contribution is 2.42. The Bertz CT molecular complexity index is 1560. The number of aromatic nitrogens is 1. The molecule has 32 heavy (non-hydrogen) atoms. The monoisotopic (exact) mass is 454 g/mol. The summed E-state index contributed by atoms with van der Waals surface area (Å²) in [4.78, 5) is 31.2. The number of carboxylic acid groups (broad SMARTS) is 1. The number of nitrogens with two attached hydrogens (primary N) is 1. The molecule has 3 unspecified atom stereocenters. The van der Waals surface area contributed by atoms with Crippen LogP contribution in [0.1, 0.15) is 6.42 Å². The largest absolute Gasteiger partial charge is 0.511 e. The molecule has 0 spiro atoms. The molecule has 10 heteroatoms. The number of nitrogens with zero attached hydrogens (tertiary/aromatic N) is 3. The van der Waals surface area contributed by atoms with E-state index >= 15 is 4.39 Å². The maximum atomic E-state index is 15.7. The number of halogens is 1. The zero-order chi connectivity index (χ0) is 22.3. The van der Waals surface area contributed by atoms with Crippen molar-refractivity contribution in [2.45, 2.75) is 12.5 Å². The highest BCUT2D eigenvalue weighted by molar-refractivity contribution is 7.16. The van der Waals surface area contributed by atoms with Crippen molar-refractivity contribution in [3.05, 3.63) is 45.0 Å². The summed E-state index contributed by atoms with van der Waals surface area (Å²) in [6, 6.07) is 1.12. The number of hydrogen-bond donors (Lipinski definition) is 2. The minimum atomic E-state index is -1.59. The molecule has 1 aromatic carbocycles. The second-order valence-corrected chi connectivity index (χ2v) is 9.27. The Labute approximate surface area is 184 Å². The van der Waals surface area contributed by atoms with Crippen molar-refractivity contribution in [2.75, 3.05) is 25.0 Å². The predicted molar refractivity (Wildman–Crippen MR) is 120 cm³/mol. The molecule has 2 aliphatic rings. The van der Waals surface area contributed by atoms with E-state index in [-0.39, 0.29) is 23.1 Å². The summed E-state index contributed by atoms with van der Waals surface area (Å²) < 4.78 is 22.3. The number of hydrogen-bond acceptors (Lipinski definition) is 7. The molecule has 0 bridgehead atoms. The molecule has 0 amide bonds. The van der Waals surface area contributed by atoms with Gasteiger partial charge in [0.15, 0.2) is 0 Å². The Morgan fingerprint density at radius 1 is 1.41 bits per heavy atom. The van der Waals surface area contributed by atoms with Gasteiger partial charge in [-0.25, -0.2) is 9.18 Å². The van der Waals surface area contributed by atoms with Crippen molar-refractivity contribution in [1.29, 1.82) is 0 Å². The number of rotatable bonds is 2. The van der Waals surface area contributed by atoms with E-state index in [1.54, 1.807) is 16.8 Å². The lowest BCUT2D eigenvalue weighted by Gasteiger charge is -2.25. The van der Waals surface area contributed by atoms with Gasteiger partial charge in [-0.1, -0.05) is 12.2 Å². The minimum Gasteiger partial charge on any atom is -0.449 e. The Hall–Kier alpha value is -3.24. The lowest BCUT2D eigenvalue weighted by atomic mass is 9.83. The van der Waals surface area contributed by atoms with Gasteiger partial charge in [0.05, 0.1) is 32.9 Å². The number of benzene rings is 1. The summed E-state index contributed by atoms with van der Waals surface area (Å²) in [5.41, 5.74) is 7.29. The molecule has 164 valence electrons. The molecule has 3 aromatic heterocycles. The standard InChI is InChI=1S/C22H19FN4O4S/c1-25-16-14-8-32-21-20(31-22(29)30)19(28)10-5-12(23)18(15(16)17(10)27(14)21)26-6-9-3-2-4-13(24)11(9)7-26/h2,4-5,8-9,11,13H,3,6-7,24H2,1H3,(H,29,30). The van der Waals surface area contributed by atoms with E-state index in [4.69, 9.17) is 15.6 Å². The maximum absolute atomic E-state index is 15.7. The van der Waals surface area contributed by atoms with Crippen LogP contribution in [-0.2, 0) is 0 Å². The highest BCUT2D eigenvalue weighted by Gasteiger charge is 2.39. The normalized spacial score (nSPS) is 23.8. The van der Waals surface area contributed by atoms with Crippen LogP contribution in [0.2, 0.25) is 0 Å². The van der Waals surface area contributed by atoms with Crippen LogP contribution in [0.25, 0.3) is 26.6 Å². The van der Waals surface area contributed by atoms with Crippen LogP contribution in [-0.4, -0.2) is 41.8 Å². The summed E-state index contributed by atoms with van der Waals surface area (Å²) in [6.07, 6.45) is 3.42. The van der Waals surface area contributed by atoms with Crippen LogP contribution in [0, 0.1) is 17.7 Å². The fourth-order valence-corrected chi connectivity index (χ4v) is 6.48.